The summed E-state index contributed by atoms with van der Waals surface area (Å²) >= 11 is 0. The molecule has 0 amide bonds. The van der Waals surface area contributed by atoms with E-state index in [-0.39, 0.29) is 5.75 Å². The molecule has 0 aliphatic heterocycles. The number of aromatic hydroxyl groups is 1. The topological polar surface area (TPSA) is 41.5 Å². The van der Waals surface area contributed by atoms with Crippen LogP contribution in [0.4, 0.5) is 0 Å². The minimum absolute atomic E-state index is 0.206. The van der Waals surface area contributed by atoms with Crippen molar-refractivity contribution in [3.05, 3.63) is 23.8 Å². The Kier molecular flexibility index (Phi) is 2.94. The van der Waals surface area contributed by atoms with Crippen LogP contribution in [0.5, 0.6) is 11.5 Å². The lowest BCUT2D eigenvalue weighted by atomic mass is 10.0. The molecule has 0 atom stereocenters. The van der Waals surface area contributed by atoms with Crippen LogP contribution in [-0.2, 0) is 6.54 Å². The van der Waals surface area contributed by atoms with Crippen LogP contribution in [0, 0.1) is 11.3 Å². The Labute approximate surface area is 108 Å². The number of hydrogen-bond acceptors (Lipinski definition) is 3. The smallest absolute Gasteiger partial charge is 0.160 e. The van der Waals surface area contributed by atoms with Gasteiger partial charge in [-0.2, -0.15) is 0 Å². The summed E-state index contributed by atoms with van der Waals surface area (Å²) in [5.74, 6) is 1.76. The Hall–Kier alpha value is -1.22. The van der Waals surface area contributed by atoms with E-state index in [4.69, 9.17) is 4.74 Å². The first-order chi connectivity index (χ1) is 8.73. The largest absolute Gasteiger partial charge is 0.504 e. The van der Waals surface area contributed by atoms with E-state index in [2.05, 4.69) is 5.32 Å². The van der Waals surface area contributed by atoms with Crippen LogP contribution < -0.4 is 10.1 Å². The van der Waals surface area contributed by atoms with Crippen molar-refractivity contribution in [1.82, 2.24) is 5.32 Å². The van der Waals surface area contributed by atoms with Crippen molar-refractivity contribution >= 4 is 0 Å². The summed E-state index contributed by atoms with van der Waals surface area (Å²) in [6, 6.07) is 5.55. The van der Waals surface area contributed by atoms with Gasteiger partial charge in [-0.3, -0.25) is 0 Å². The van der Waals surface area contributed by atoms with Gasteiger partial charge in [0.25, 0.3) is 0 Å². The maximum absolute atomic E-state index is 9.54. The standard InChI is InChI=1S/C15H21NO2/c1-18-14-8-11(2-5-13(14)17)9-16-10-15(6-7-15)12-3-4-12/h2,5,8,12,16-17H,3-4,6-7,9-10H2,1H3. The molecule has 2 fully saturated rings. The molecule has 98 valence electrons. The molecule has 2 aliphatic rings. The zero-order chi connectivity index (χ0) is 12.6. The summed E-state index contributed by atoms with van der Waals surface area (Å²) in [7, 11) is 1.58. The summed E-state index contributed by atoms with van der Waals surface area (Å²) in [4.78, 5) is 0. The Morgan fingerprint density at radius 1 is 1.39 bits per heavy atom. The van der Waals surface area contributed by atoms with E-state index in [1.165, 1.54) is 25.7 Å². The molecule has 0 bridgehead atoms. The van der Waals surface area contributed by atoms with Gasteiger partial charge in [0.2, 0.25) is 0 Å². The summed E-state index contributed by atoms with van der Waals surface area (Å²) in [5, 5.41) is 13.1. The lowest BCUT2D eigenvalue weighted by Crippen LogP contribution is -2.24. The normalized spacial score (nSPS) is 20.7. The van der Waals surface area contributed by atoms with E-state index < -0.39 is 0 Å². The highest BCUT2D eigenvalue weighted by atomic mass is 16.5. The number of methoxy groups -OCH3 is 1. The average Bonchev–Trinajstić information content (AvgIpc) is 3.24. The number of ether oxygens (including phenoxy) is 1. The fourth-order valence-corrected chi connectivity index (χ4v) is 2.87. The maximum Gasteiger partial charge on any atom is 0.160 e. The predicted molar refractivity (Wildman–Crippen MR) is 70.8 cm³/mol. The summed E-state index contributed by atoms with van der Waals surface area (Å²) in [6.45, 7) is 1.99. The molecule has 2 aliphatic carbocycles. The highest BCUT2D eigenvalue weighted by molar-refractivity contribution is 5.41. The van der Waals surface area contributed by atoms with Crippen LogP contribution in [0.15, 0.2) is 18.2 Å². The van der Waals surface area contributed by atoms with Gasteiger partial charge in [0.1, 0.15) is 0 Å². The molecule has 2 N–H and O–H groups in total. The third-order valence-corrected chi connectivity index (χ3v) is 4.39. The molecule has 0 heterocycles. The lowest BCUT2D eigenvalue weighted by Gasteiger charge is -2.15. The first kappa shape index (κ1) is 11.8. The first-order valence-corrected chi connectivity index (χ1v) is 6.80. The third kappa shape index (κ3) is 2.32. The molecule has 3 heteroatoms. The van der Waals surface area contributed by atoms with Crippen LogP contribution in [-0.4, -0.2) is 18.8 Å². The molecule has 1 aromatic carbocycles. The fraction of sp³-hybridized carbons (Fsp3) is 0.600. The van der Waals surface area contributed by atoms with Crippen molar-refractivity contribution in [3.63, 3.8) is 0 Å². The lowest BCUT2D eigenvalue weighted by molar-refractivity contribution is 0.372. The van der Waals surface area contributed by atoms with Gasteiger partial charge in [-0.15, -0.1) is 0 Å². The molecule has 0 unspecified atom stereocenters. The van der Waals surface area contributed by atoms with E-state index in [0.29, 0.717) is 11.2 Å². The quantitative estimate of drug-likeness (QED) is 0.812. The van der Waals surface area contributed by atoms with Crippen LogP contribution in [0.2, 0.25) is 0 Å². The van der Waals surface area contributed by atoms with Gasteiger partial charge in [-0.05, 0) is 54.7 Å². The van der Waals surface area contributed by atoms with Crippen molar-refractivity contribution in [1.29, 1.82) is 0 Å². The van der Waals surface area contributed by atoms with Crippen molar-refractivity contribution in [2.24, 2.45) is 11.3 Å². The van der Waals surface area contributed by atoms with Gasteiger partial charge in [0, 0.05) is 13.1 Å². The number of rotatable bonds is 6. The molecule has 18 heavy (non-hydrogen) atoms. The van der Waals surface area contributed by atoms with Crippen molar-refractivity contribution < 1.29 is 9.84 Å². The summed E-state index contributed by atoms with van der Waals surface area (Å²) < 4.78 is 5.12. The monoisotopic (exact) mass is 247 g/mol. The highest BCUT2D eigenvalue weighted by Crippen LogP contribution is 2.60. The van der Waals surface area contributed by atoms with Gasteiger partial charge >= 0.3 is 0 Å². The Balaban J connectivity index is 1.53. The number of hydrogen-bond donors (Lipinski definition) is 2. The van der Waals surface area contributed by atoms with Crippen molar-refractivity contribution in [2.45, 2.75) is 32.2 Å². The SMILES string of the molecule is COc1cc(CNCC2(C3CC3)CC2)ccc1O. The minimum Gasteiger partial charge on any atom is -0.504 e. The van der Waals surface area contributed by atoms with Crippen molar-refractivity contribution in [2.75, 3.05) is 13.7 Å². The molecule has 3 rings (SSSR count). The van der Waals surface area contributed by atoms with Gasteiger partial charge < -0.3 is 15.2 Å². The molecular formula is C15H21NO2. The number of phenols is 1. The Morgan fingerprint density at radius 2 is 2.17 bits per heavy atom. The summed E-state index contributed by atoms with van der Waals surface area (Å²) in [5.41, 5.74) is 1.80. The van der Waals surface area contributed by atoms with Gasteiger partial charge in [-0.1, -0.05) is 6.07 Å². The van der Waals surface area contributed by atoms with E-state index in [1.54, 1.807) is 13.2 Å². The molecule has 3 nitrogen and oxygen atoms in total. The number of nitrogens with one attached hydrogen (secondary N) is 1. The zero-order valence-electron chi connectivity index (χ0n) is 10.9. The third-order valence-electron chi connectivity index (χ3n) is 4.39. The second kappa shape index (κ2) is 4.47. The second-order valence-corrected chi connectivity index (χ2v) is 5.75. The van der Waals surface area contributed by atoms with Crippen LogP contribution >= 0.6 is 0 Å². The zero-order valence-corrected chi connectivity index (χ0v) is 10.9. The molecule has 0 spiro atoms. The van der Waals surface area contributed by atoms with Crippen LogP contribution in [0.3, 0.4) is 0 Å². The van der Waals surface area contributed by atoms with Gasteiger partial charge in [0.15, 0.2) is 11.5 Å². The van der Waals surface area contributed by atoms with Crippen LogP contribution in [0.25, 0.3) is 0 Å². The number of benzene rings is 1. The maximum atomic E-state index is 9.54. The summed E-state index contributed by atoms with van der Waals surface area (Å²) in [6.07, 6.45) is 5.69. The Bertz CT molecular complexity index is 436. The van der Waals surface area contributed by atoms with Crippen LogP contribution in [0.1, 0.15) is 31.2 Å². The first-order valence-electron chi connectivity index (χ1n) is 6.80. The molecular weight excluding hydrogens is 226 g/mol. The minimum atomic E-state index is 0.206. The average molecular weight is 247 g/mol. The number of phenolic OH excluding ortho intramolecular Hbond substituents is 1. The highest BCUT2D eigenvalue weighted by Gasteiger charge is 2.53. The molecule has 1 aromatic rings. The Morgan fingerprint density at radius 3 is 2.78 bits per heavy atom. The van der Waals surface area contributed by atoms with E-state index >= 15 is 0 Å². The van der Waals surface area contributed by atoms with Gasteiger partial charge in [-0.25, -0.2) is 0 Å². The van der Waals surface area contributed by atoms with Gasteiger partial charge in [0.05, 0.1) is 7.11 Å². The molecule has 2 saturated carbocycles. The fourth-order valence-electron chi connectivity index (χ4n) is 2.87. The van der Waals surface area contributed by atoms with E-state index in [0.717, 1.165) is 24.6 Å². The molecule has 0 aromatic heterocycles. The molecule has 0 radical (unpaired) electrons. The van der Waals surface area contributed by atoms with Crippen molar-refractivity contribution in [3.8, 4) is 11.5 Å². The molecule has 0 saturated heterocycles. The predicted octanol–water partition coefficient (Wildman–Crippen LogP) is 2.68. The second-order valence-electron chi connectivity index (χ2n) is 5.75. The van der Waals surface area contributed by atoms with E-state index in [1.807, 2.05) is 12.1 Å². The van der Waals surface area contributed by atoms with E-state index in [9.17, 15) is 5.11 Å².